The number of carbonyl (C=O) groups is 4. The molecule has 2 heterocycles. The standard InChI is InChI=1S/C23H38N4O6S2/c1-6-34-35-10-8-7-9-15-11-16(28)25-19(14(4)5)21(31)27-23-22(33-23)26-18(13(2)3)20(30)24-12-17(29)32-15/h7,9,13-15,18-19,22-23,26H,6,8,10-12H2,1-5H3,(H,24,30)(H,25,28)(H,27,31)/b9-7+/t15-,18-,19-,22?,23?/m1/s1. The van der Waals surface area contributed by atoms with Crippen LogP contribution in [0.1, 0.15) is 47.5 Å². The van der Waals surface area contributed by atoms with Crippen LogP contribution in [0.5, 0.6) is 0 Å². The summed E-state index contributed by atoms with van der Waals surface area (Å²) in [4.78, 5) is 50.7. The van der Waals surface area contributed by atoms with Gasteiger partial charge in [0.2, 0.25) is 17.7 Å². The zero-order chi connectivity index (χ0) is 26.0. The first-order chi connectivity index (χ1) is 16.6. The Morgan fingerprint density at radius 2 is 1.69 bits per heavy atom. The first kappa shape index (κ1) is 29.5. The van der Waals surface area contributed by atoms with Crippen LogP contribution in [0.4, 0.5) is 0 Å². The molecule has 2 rings (SSSR count). The fourth-order valence-electron chi connectivity index (χ4n) is 3.41. The lowest BCUT2D eigenvalue weighted by atomic mass is 10.0. The maximum atomic E-state index is 12.8. The normalized spacial score (nSPS) is 28.9. The lowest BCUT2D eigenvalue weighted by Gasteiger charge is -2.24. The zero-order valence-electron chi connectivity index (χ0n) is 21.0. The maximum absolute atomic E-state index is 12.8. The molecule has 2 saturated heterocycles. The highest BCUT2D eigenvalue weighted by Crippen LogP contribution is 2.21. The van der Waals surface area contributed by atoms with Crippen molar-refractivity contribution >= 4 is 45.3 Å². The number of amides is 3. The summed E-state index contributed by atoms with van der Waals surface area (Å²) >= 11 is 0. The lowest BCUT2D eigenvalue weighted by molar-refractivity contribution is -0.148. The summed E-state index contributed by atoms with van der Waals surface area (Å²) in [7, 11) is 3.51. The summed E-state index contributed by atoms with van der Waals surface area (Å²) in [5.74, 6) is -0.179. The molecule has 35 heavy (non-hydrogen) atoms. The van der Waals surface area contributed by atoms with Gasteiger partial charge in [-0.1, -0.05) is 62.3 Å². The number of rotatable bonds is 8. The van der Waals surface area contributed by atoms with Crippen LogP contribution in [0.2, 0.25) is 0 Å². The largest absolute Gasteiger partial charge is 0.456 e. The van der Waals surface area contributed by atoms with Crippen LogP contribution in [0.25, 0.3) is 0 Å². The van der Waals surface area contributed by atoms with Crippen molar-refractivity contribution < 1.29 is 28.7 Å². The highest BCUT2D eigenvalue weighted by atomic mass is 33.1. The average Bonchev–Trinajstić information content (AvgIpc) is 3.52. The molecule has 198 valence electrons. The third-order valence-electron chi connectivity index (χ3n) is 5.33. The average molecular weight is 531 g/mol. The molecule has 2 fully saturated rings. The third-order valence-corrected chi connectivity index (χ3v) is 7.84. The van der Waals surface area contributed by atoms with Gasteiger partial charge in [0.1, 0.15) is 18.7 Å². The zero-order valence-corrected chi connectivity index (χ0v) is 22.6. The molecule has 0 aliphatic carbocycles. The van der Waals surface area contributed by atoms with Gasteiger partial charge in [-0.05, 0) is 24.3 Å². The van der Waals surface area contributed by atoms with Crippen LogP contribution in [-0.4, -0.2) is 72.4 Å². The van der Waals surface area contributed by atoms with Crippen LogP contribution < -0.4 is 21.3 Å². The number of nitrogens with one attached hydrogen (secondary N) is 4. The number of esters is 1. The molecule has 2 aliphatic heterocycles. The van der Waals surface area contributed by atoms with Crippen molar-refractivity contribution in [3.63, 3.8) is 0 Å². The monoisotopic (exact) mass is 530 g/mol. The van der Waals surface area contributed by atoms with E-state index >= 15 is 0 Å². The third kappa shape index (κ3) is 10.4. The maximum Gasteiger partial charge on any atom is 0.326 e. The van der Waals surface area contributed by atoms with E-state index < -0.39 is 42.5 Å². The van der Waals surface area contributed by atoms with Gasteiger partial charge in [-0.2, -0.15) is 0 Å². The Hall–Kier alpha value is -1.76. The molecule has 0 bridgehead atoms. The quantitative estimate of drug-likeness (QED) is 0.120. The van der Waals surface area contributed by atoms with Crippen molar-refractivity contribution in [3.05, 3.63) is 12.2 Å². The number of allylic oxidation sites excluding steroid dienone is 1. The van der Waals surface area contributed by atoms with E-state index in [1.54, 1.807) is 27.7 Å². The Labute approximate surface area is 215 Å². The van der Waals surface area contributed by atoms with Gasteiger partial charge in [-0.3, -0.25) is 24.5 Å². The lowest BCUT2D eigenvalue weighted by Crippen LogP contribution is -2.53. The second-order valence-electron chi connectivity index (χ2n) is 9.06. The van der Waals surface area contributed by atoms with E-state index in [1.165, 1.54) is 0 Å². The van der Waals surface area contributed by atoms with Crippen molar-refractivity contribution in [2.45, 2.75) is 78.1 Å². The molecule has 4 N–H and O–H groups in total. The molecule has 3 amide bonds. The summed E-state index contributed by atoms with van der Waals surface area (Å²) in [5.41, 5.74) is 0. The molecule has 0 radical (unpaired) electrons. The number of cyclic esters (lactones) is 1. The van der Waals surface area contributed by atoms with Gasteiger partial charge in [-0.25, -0.2) is 0 Å². The predicted molar refractivity (Wildman–Crippen MR) is 137 cm³/mol. The summed E-state index contributed by atoms with van der Waals surface area (Å²) in [6.07, 6.45) is 2.22. The smallest absolute Gasteiger partial charge is 0.326 e. The molecule has 0 aromatic carbocycles. The Kier molecular flexibility index (Phi) is 12.4. The highest BCUT2D eigenvalue weighted by molar-refractivity contribution is 8.76. The van der Waals surface area contributed by atoms with Gasteiger partial charge in [0, 0.05) is 11.5 Å². The van der Waals surface area contributed by atoms with E-state index in [1.807, 2.05) is 33.8 Å². The van der Waals surface area contributed by atoms with Gasteiger partial charge < -0.3 is 25.4 Å². The number of ether oxygens (including phenoxy) is 2. The minimum Gasteiger partial charge on any atom is -0.456 e. The molecule has 0 aromatic rings. The van der Waals surface area contributed by atoms with Crippen molar-refractivity contribution in [1.82, 2.24) is 21.3 Å². The fourth-order valence-corrected chi connectivity index (χ4v) is 5.07. The first-order valence-corrected chi connectivity index (χ1v) is 14.5. The van der Waals surface area contributed by atoms with Gasteiger partial charge in [0.05, 0.1) is 12.5 Å². The van der Waals surface area contributed by atoms with Crippen molar-refractivity contribution in [3.8, 4) is 0 Å². The molecule has 2 unspecified atom stereocenters. The van der Waals surface area contributed by atoms with Crippen LogP contribution in [0, 0.1) is 11.8 Å². The molecule has 2 aliphatic rings. The van der Waals surface area contributed by atoms with Crippen LogP contribution in [0.15, 0.2) is 12.2 Å². The van der Waals surface area contributed by atoms with E-state index in [4.69, 9.17) is 9.47 Å². The summed E-state index contributed by atoms with van der Waals surface area (Å²) in [6.45, 7) is 9.16. The predicted octanol–water partition coefficient (Wildman–Crippen LogP) is 1.32. The second-order valence-corrected chi connectivity index (χ2v) is 11.9. The number of fused-ring (bicyclic) bond motifs is 1. The molecule has 10 nitrogen and oxygen atoms in total. The van der Waals surface area contributed by atoms with Gasteiger partial charge in [-0.15, -0.1) is 0 Å². The van der Waals surface area contributed by atoms with Gasteiger partial charge in [0.15, 0.2) is 12.5 Å². The number of hydrogen-bond acceptors (Lipinski definition) is 9. The molecule has 5 atom stereocenters. The summed E-state index contributed by atoms with van der Waals surface area (Å²) in [6, 6.07) is -1.41. The number of hydrogen-bond donors (Lipinski definition) is 4. The fraction of sp³-hybridized carbons (Fsp3) is 0.739. The van der Waals surface area contributed by atoms with Crippen molar-refractivity contribution in [2.75, 3.05) is 18.1 Å². The Morgan fingerprint density at radius 1 is 0.971 bits per heavy atom. The Bertz CT molecular complexity index is 779. The van der Waals surface area contributed by atoms with E-state index in [9.17, 15) is 19.2 Å². The topological polar surface area (TPSA) is 138 Å². The van der Waals surface area contributed by atoms with Crippen molar-refractivity contribution in [1.29, 1.82) is 0 Å². The number of carbonyl (C=O) groups excluding carboxylic acids is 4. The number of epoxide rings is 1. The summed E-state index contributed by atoms with van der Waals surface area (Å²) in [5, 5.41) is 11.2. The SMILES string of the molecule is CCSSCC/C=C/[C@@H]1CC(=O)N[C@H](C(C)C)C(=O)NC2OC2N[C@H](C(C)C)C(=O)NCC(=O)O1. The highest BCUT2D eigenvalue weighted by Gasteiger charge is 2.44. The van der Waals surface area contributed by atoms with E-state index in [-0.39, 0.29) is 36.6 Å². The molecule has 0 spiro atoms. The van der Waals surface area contributed by atoms with Crippen LogP contribution in [0.3, 0.4) is 0 Å². The van der Waals surface area contributed by atoms with E-state index in [0.29, 0.717) is 0 Å². The first-order valence-electron chi connectivity index (χ1n) is 12.0. The van der Waals surface area contributed by atoms with E-state index in [2.05, 4.69) is 28.2 Å². The van der Waals surface area contributed by atoms with E-state index in [0.717, 1.165) is 17.9 Å². The minimum absolute atomic E-state index is 0.0902. The Morgan fingerprint density at radius 3 is 2.34 bits per heavy atom. The molecule has 0 aromatic heterocycles. The van der Waals surface area contributed by atoms with Gasteiger partial charge >= 0.3 is 5.97 Å². The molecular formula is C23H38N4O6S2. The van der Waals surface area contributed by atoms with Crippen molar-refractivity contribution in [2.24, 2.45) is 11.8 Å². The molecule has 0 saturated carbocycles. The van der Waals surface area contributed by atoms with Crippen LogP contribution >= 0.6 is 21.6 Å². The second kappa shape index (κ2) is 14.7. The Balaban J connectivity index is 2.15. The summed E-state index contributed by atoms with van der Waals surface area (Å²) < 4.78 is 11.0. The van der Waals surface area contributed by atoms with Gasteiger partial charge in [0.25, 0.3) is 0 Å². The molecule has 12 heteroatoms. The minimum atomic E-state index is -0.817. The van der Waals surface area contributed by atoms with Crippen LogP contribution in [-0.2, 0) is 28.7 Å². The molecular weight excluding hydrogens is 492 g/mol.